The second-order valence-electron chi connectivity index (χ2n) is 4.88. The molecule has 3 aromatic rings. The van der Waals surface area contributed by atoms with Crippen LogP contribution in [-0.2, 0) is 11.2 Å². The topological polar surface area (TPSA) is 54.9 Å². The number of fused-ring (bicyclic) bond motifs is 1. The Kier molecular flexibility index (Phi) is 3.60. The molecule has 2 aromatic carbocycles. The molecule has 0 atom stereocenters. The SMILES string of the molecule is Cc1ccnc(NC(=O)Cc2cccc3ccccc23)n1. The molecular formula is C17H15N3O. The largest absolute Gasteiger partial charge is 0.294 e. The van der Waals surface area contributed by atoms with Gasteiger partial charge in [0.15, 0.2) is 0 Å². The van der Waals surface area contributed by atoms with Crippen molar-refractivity contribution in [2.45, 2.75) is 13.3 Å². The van der Waals surface area contributed by atoms with E-state index in [1.807, 2.05) is 49.4 Å². The van der Waals surface area contributed by atoms with E-state index in [9.17, 15) is 4.79 Å². The standard InChI is InChI=1S/C17H15N3O/c1-12-9-10-18-17(19-12)20-16(21)11-14-7-4-6-13-5-2-3-8-15(13)14/h2-10H,11H2,1H3,(H,18,19,20,21). The number of hydrogen-bond acceptors (Lipinski definition) is 3. The number of aryl methyl sites for hydroxylation is 1. The lowest BCUT2D eigenvalue weighted by Crippen LogP contribution is -2.16. The van der Waals surface area contributed by atoms with Crippen molar-refractivity contribution < 1.29 is 4.79 Å². The molecule has 1 amide bonds. The first-order chi connectivity index (χ1) is 10.2. The lowest BCUT2D eigenvalue weighted by molar-refractivity contribution is -0.115. The summed E-state index contributed by atoms with van der Waals surface area (Å²) in [4.78, 5) is 20.4. The fraction of sp³-hybridized carbons (Fsp3) is 0.118. The molecule has 1 heterocycles. The minimum Gasteiger partial charge on any atom is -0.294 e. The van der Waals surface area contributed by atoms with E-state index in [-0.39, 0.29) is 5.91 Å². The van der Waals surface area contributed by atoms with Crippen molar-refractivity contribution in [2.24, 2.45) is 0 Å². The first kappa shape index (κ1) is 13.2. The average Bonchev–Trinajstić information content (AvgIpc) is 2.47. The average molecular weight is 277 g/mol. The minimum atomic E-state index is -0.114. The molecule has 0 bridgehead atoms. The summed E-state index contributed by atoms with van der Waals surface area (Å²) in [5, 5.41) is 4.97. The smallest absolute Gasteiger partial charge is 0.231 e. The fourth-order valence-corrected chi connectivity index (χ4v) is 2.30. The highest BCUT2D eigenvalue weighted by Crippen LogP contribution is 2.19. The molecule has 1 N–H and O–H groups in total. The number of anilines is 1. The first-order valence-electron chi connectivity index (χ1n) is 6.78. The van der Waals surface area contributed by atoms with Crippen LogP contribution in [0.3, 0.4) is 0 Å². The van der Waals surface area contributed by atoms with Gasteiger partial charge in [-0.2, -0.15) is 0 Å². The molecule has 0 aliphatic rings. The molecule has 1 aromatic heterocycles. The molecule has 0 spiro atoms. The zero-order chi connectivity index (χ0) is 14.7. The normalized spacial score (nSPS) is 10.5. The van der Waals surface area contributed by atoms with E-state index in [4.69, 9.17) is 0 Å². The third-order valence-corrected chi connectivity index (χ3v) is 3.28. The quantitative estimate of drug-likeness (QED) is 0.800. The molecule has 4 nitrogen and oxygen atoms in total. The van der Waals surface area contributed by atoms with Gasteiger partial charge in [-0.05, 0) is 29.3 Å². The van der Waals surface area contributed by atoms with Crippen LogP contribution in [-0.4, -0.2) is 15.9 Å². The van der Waals surface area contributed by atoms with E-state index >= 15 is 0 Å². The van der Waals surface area contributed by atoms with Crippen molar-refractivity contribution >= 4 is 22.6 Å². The summed E-state index contributed by atoms with van der Waals surface area (Å²) in [6.45, 7) is 1.86. The Bertz CT molecular complexity index is 793. The second-order valence-corrected chi connectivity index (χ2v) is 4.88. The van der Waals surface area contributed by atoms with Crippen LogP contribution >= 0.6 is 0 Å². The van der Waals surface area contributed by atoms with Gasteiger partial charge in [0.25, 0.3) is 0 Å². The monoisotopic (exact) mass is 277 g/mol. The van der Waals surface area contributed by atoms with Crippen LogP contribution in [0.25, 0.3) is 10.8 Å². The predicted octanol–water partition coefficient (Wildman–Crippen LogP) is 3.12. The maximum Gasteiger partial charge on any atom is 0.231 e. The summed E-state index contributed by atoms with van der Waals surface area (Å²) in [5.41, 5.74) is 1.82. The maximum absolute atomic E-state index is 12.1. The summed E-state index contributed by atoms with van der Waals surface area (Å²) < 4.78 is 0. The summed E-state index contributed by atoms with van der Waals surface area (Å²) >= 11 is 0. The highest BCUT2D eigenvalue weighted by Gasteiger charge is 2.08. The highest BCUT2D eigenvalue weighted by atomic mass is 16.1. The van der Waals surface area contributed by atoms with E-state index < -0.39 is 0 Å². The molecular weight excluding hydrogens is 262 g/mol. The van der Waals surface area contributed by atoms with Crippen molar-refractivity contribution in [1.29, 1.82) is 0 Å². The Morgan fingerprint density at radius 1 is 1.10 bits per heavy atom. The molecule has 104 valence electrons. The molecule has 0 unspecified atom stereocenters. The number of hydrogen-bond donors (Lipinski definition) is 1. The number of benzene rings is 2. The van der Waals surface area contributed by atoms with Crippen molar-refractivity contribution in [3.63, 3.8) is 0 Å². The Morgan fingerprint density at radius 2 is 1.90 bits per heavy atom. The number of aromatic nitrogens is 2. The van der Waals surface area contributed by atoms with E-state index in [2.05, 4.69) is 15.3 Å². The van der Waals surface area contributed by atoms with Crippen LogP contribution in [0.15, 0.2) is 54.7 Å². The predicted molar refractivity (Wildman–Crippen MR) is 83.1 cm³/mol. The van der Waals surface area contributed by atoms with Crippen LogP contribution in [0.4, 0.5) is 5.95 Å². The summed E-state index contributed by atoms with van der Waals surface area (Å²) in [5.74, 6) is 0.234. The summed E-state index contributed by atoms with van der Waals surface area (Å²) in [7, 11) is 0. The van der Waals surface area contributed by atoms with Crippen molar-refractivity contribution in [2.75, 3.05) is 5.32 Å². The molecule has 0 aliphatic carbocycles. The maximum atomic E-state index is 12.1. The van der Waals surface area contributed by atoms with Crippen LogP contribution < -0.4 is 5.32 Å². The molecule has 0 radical (unpaired) electrons. The van der Waals surface area contributed by atoms with Gasteiger partial charge in [-0.3, -0.25) is 10.1 Å². The molecule has 3 rings (SSSR count). The molecule has 0 fully saturated rings. The Balaban J connectivity index is 1.80. The number of amides is 1. The van der Waals surface area contributed by atoms with Gasteiger partial charge in [0.1, 0.15) is 0 Å². The minimum absolute atomic E-state index is 0.114. The number of rotatable bonds is 3. The first-order valence-corrected chi connectivity index (χ1v) is 6.78. The zero-order valence-corrected chi connectivity index (χ0v) is 11.7. The number of carbonyl (C=O) groups excluding carboxylic acids is 1. The van der Waals surface area contributed by atoms with Crippen molar-refractivity contribution in [3.05, 3.63) is 66.0 Å². The molecule has 0 saturated heterocycles. The third-order valence-electron chi connectivity index (χ3n) is 3.28. The van der Waals surface area contributed by atoms with Crippen LogP contribution in [0, 0.1) is 6.92 Å². The number of carbonyl (C=O) groups is 1. The van der Waals surface area contributed by atoms with Crippen LogP contribution in [0.5, 0.6) is 0 Å². The Morgan fingerprint density at radius 3 is 2.76 bits per heavy atom. The Labute approximate surface area is 122 Å². The van der Waals surface area contributed by atoms with Gasteiger partial charge < -0.3 is 0 Å². The van der Waals surface area contributed by atoms with Gasteiger partial charge in [-0.15, -0.1) is 0 Å². The van der Waals surface area contributed by atoms with Gasteiger partial charge in [0.2, 0.25) is 11.9 Å². The van der Waals surface area contributed by atoms with Gasteiger partial charge >= 0.3 is 0 Å². The number of nitrogens with zero attached hydrogens (tertiary/aromatic N) is 2. The second kappa shape index (κ2) is 5.71. The van der Waals surface area contributed by atoms with Crippen LogP contribution in [0.2, 0.25) is 0 Å². The highest BCUT2D eigenvalue weighted by molar-refractivity contribution is 5.95. The Hall–Kier alpha value is -2.75. The third kappa shape index (κ3) is 3.05. The van der Waals surface area contributed by atoms with Gasteiger partial charge in [0.05, 0.1) is 6.42 Å². The summed E-state index contributed by atoms with van der Waals surface area (Å²) in [6.07, 6.45) is 1.94. The molecule has 0 aliphatic heterocycles. The lowest BCUT2D eigenvalue weighted by Gasteiger charge is -2.07. The van der Waals surface area contributed by atoms with Crippen molar-refractivity contribution in [1.82, 2.24) is 9.97 Å². The van der Waals surface area contributed by atoms with Gasteiger partial charge in [0, 0.05) is 11.9 Å². The van der Waals surface area contributed by atoms with Gasteiger partial charge in [-0.1, -0.05) is 42.5 Å². The lowest BCUT2D eigenvalue weighted by atomic mass is 10.0. The van der Waals surface area contributed by atoms with E-state index in [1.54, 1.807) is 12.3 Å². The molecule has 4 heteroatoms. The summed E-state index contributed by atoms with van der Waals surface area (Å²) in [6, 6.07) is 15.8. The zero-order valence-electron chi connectivity index (χ0n) is 11.7. The fourth-order valence-electron chi connectivity index (χ4n) is 2.30. The van der Waals surface area contributed by atoms with Gasteiger partial charge in [-0.25, -0.2) is 9.97 Å². The number of nitrogens with one attached hydrogen (secondary N) is 1. The molecule has 0 saturated carbocycles. The van der Waals surface area contributed by atoms with E-state index in [1.165, 1.54) is 0 Å². The van der Waals surface area contributed by atoms with Crippen LogP contribution in [0.1, 0.15) is 11.3 Å². The van der Waals surface area contributed by atoms with E-state index in [0.29, 0.717) is 12.4 Å². The van der Waals surface area contributed by atoms with Crippen molar-refractivity contribution in [3.8, 4) is 0 Å². The molecule has 21 heavy (non-hydrogen) atoms. The van der Waals surface area contributed by atoms with E-state index in [0.717, 1.165) is 22.0 Å².